The van der Waals surface area contributed by atoms with Crippen LogP contribution in [0.3, 0.4) is 0 Å². The first-order chi connectivity index (χ1) is 13.6. The average Bonchev–Trinajstić information content (AvgIpc) is 2.78. The second-order valence-corrected chi connectivity index (χ2v) is 6.78. The van der Waals surface area contributed by atoms with Crippen LogP contribution >= 0.6 is 0 Å². The first-order valence-electron chi connectivity index (χ1n) is 9.31. The molecule has 0 N–H and O–H groups in total. The van der Waals surface area contributed by atoms with Crippen LogP contribution in [-0.4, -0.2) is 36.1 Å². The van der Waals surface area contributed by atoms with Gasteiger partial charge in [0.05, 0.1) is 11.6 Å². The zero-order valence-corrected chi connectivity index (χ0v) is 16.0. The van der Waals surface area contributed by atoms with Crippen molar-refractivity contribution in [3.8, 4) is 22.6 Å². The molecule has 0 aliphatic carbocycles. The molecule has 0 bridgehead atoms. The number of para-hydroxylation sites is 1. The molecule has 142 valence electrons. The Bertz CT molecular complexity index is 988. The zero-order valence-electron chi connectivity index (χ0n) is 16.0. The Morgan fingerprint density at radius 2 is 1.75 bits per heavy atom. The summed E-state index contributed by atoms with van der Waals surface area (Å²) in [5, 5.41) is 0. The first-order valence-corrected chi connectivity index (χ1v) is 9.31. The number of ether oxygens (including phenoxy) is 2. The van der Waals surface area contributed by atoms with Gasteiger partial charge >= 0.3 is 0 Å². The van der Waals surface area contributed by atoms with E-state index < -0.39 is 0 Å². The van der Waals surface area contributed by atoms with Gasteiger partial charge in [-0.2, -0.15) is 0 Å². The number of amides is 1. The molecular weight excluding hydrogens is 352 g/mol. The van der Waals surface area contributed by atoms with Gasteiger partial charge in [0.15, 0.2) is 11.5 Å². The van der Waals surface area contributed by atoms with Crippen molar-refractivity contribution in [1.82, 2.24) is 9.88 Å². The van der Waals surface area contributed by atoms with Crippen LogP contribution in [0.2, 0.25) is 0 Å². The number of hydrogen-bond acceptors (Lipinski definition) is 4. The largest absolute Gasteiger partial charge is 0.486 e. The highest BCUT2D eigenvalue weighted by molar-refractivity contribution is 5.98. The van der Waals surface area contributed by atoms with Crippen LogP contribution < -0.4 is 9.47 Å². The molecule has 2 heterocycles. The monoisotopic (exact) mass is 374 g/mol. The highest BCUT2D eigenvalue weighted by atomic mass is 16.6. The van der Waals surface area contributed by atoms with Gasteiger partial charge in [-0.05, 0) is 53.9 Å². The molecule has 3 aromatic rings. The highest BCUT2D eigenvalue weighted by Gasteiger charge is 2.25. The van der Waals surface area contributed by atoms with Gasteiger partial charge in [-0.15, -0.1) is 0 Å². The lowest BCUT2D eigenvalue weighted by Gasteiger charge is -2.28. The van der Waals surface area contributed by atoms with E-state index in [4.69, 9.17) is 9.47 Å². The topological polar surface area (TPSA) is 51.7 Å². The third-order valence-corrected chi connectivity index (χ3v) is 5.08. The molecule has 1 amide bonds. The predicted molar refractivity (Wildman–Crippen MR) is 108 cm³/mol. The van der Waals surface area contributed by atoms with Crippen molar-refractivity contribution in [1.29, 1.82) is 0 Å². The summed E-state index contributed by atoms with van der Waals surface area (Å²) in [5.74, 6) is 1.06. The van der Waals surface area contributed by atoms with Crippen LogP contribution in [0.5, 0.6) is 11.5 Å². The van der Waals surface area contributed by atoms with Crippen molar-refractivity contribution >= 4 is 5.91 Å². The maximum absolute atomic E-state index is 13.2. The van der Waals surface area contributed by atoms with Gasteiger partial charge in [-0.25, -0.2) is 0 Å². The van der Waals surface area contributed by atoms with E-state index in [9.17, 15) is 4.79 Å². The van der Waals surface area contributed by atoms with E-state index in [1.165, 1.54) is 0 Å². The molecule has 1 unspecified atom stereocenters. The Labute approximate surface area is 164 Å². The molecule has 1 aliphatic rings. The molecule has 1 aromatic heterocycles. The second kappa shape index (κ2) is 7.72. The summed E-state index contributed by atoms with van der Waals surface area (Å²) in [6.45, 7) is 2.97. The Morgan fingerprint density at radius 1 is 1.00 bits per heavy atom. The number of rotatable bonds is 4. The van der Waals surface area contributed by atoms with Crippen molar-refractivity contribution in [2.24, 2.45) is 0 Å². The Morgan fingerprint density at radius 3 is 2.57 bits per heavy atom. The summed E-state index contributed by atoms with van der Waals surface area (Å²) in [5.41, 5.74) is 3.78. The Kier molecular flexibility index (Phi) is 4.98. The number of carbonyl (C=O) groups is 1. The third kappa shape index (κ3) is 3.43. The minimum Gasteiger partial charge on any atom is -0.486 e. The number of nitrogens with zero attached hydrogens (tertiary/aromatic N) is 2. The molecule has 0 radical (unpaired) electrons. The van der Waals surface area contributed by atoms with Gasteiger partial charge in [0.25, 0.3) is 5.91 Å². The van der Waals surface area contributed by atoms with Crippen molar-refractivity contribution < 1.29 is 14.3 Å². The molecule has 0 spiro atoms. The summed E-state index contributed by atoms with van der Waals surface area (Å²) in [4.78, 5) is 19.0. The zero-order chi connectivity index (χ0) is 19.5. The number of pyridine rings is 1. The lowest BCUT2D eigenvalue weighted by molar-refractivity contribution is 0.0732. The molecule has 0 saturated carbocycles. The van der Waals surface area contributed by atoms with E-state index in [0.717, 1.165) is 16.7 Å². The fourth-order valence-electron chi connectivity index (χ4n) is 3.35. The Balaban J connectivity index is 1.60. The van der Waals surface area contributed by atoms with Crippen molar-refractivity contribution in [2.45, 2.75) is 13.0 Å². The van der Waals surface area contributed by atoms with Crippen LogP contribution in [0.1, 0.15) is 28.9 Å². The maximum atomic E-state index is 13.2. The van der Waals surface area contributed by atoms with Gasteiger partial charge in [-0.3, -0.25) is 9.78 Å². The van der Waals surface area contributed by atoms with Gasteiger partial charge in [0.2, 0.25) is 0 Å². The summed E-state index contributed by atoms with van der Waals surface area (Å²) < 4.78 is 11.3. The molecule has 5 heteroatoms. The minimum absolute atomic E-state index is 0.0934. The van der Waals surface area contributed by atoms with Gasteiger partial charge in [0.1, 0.15) is 13.2 Å². The quantitative estimate of drug-likeness (QED) is 0.681. The number of fused-ring (bicyclic) bond motifs is 1. The molecular formula is C23H22N2O3. The fourth-order valence-corrected chi connectivity index (χ4v) is 3.35. The number of hydrogen-bond donors (Lipinski definition) is 0. The summed E-state index contributed by atoms with van der Waals surface area (Å²) in [6.07, 6.45) is 3.56. The van der Waals surface area contributed by atoms with Crippen LogP contribution in [0.4, 0.5) is 0 Å². The van der Waals surface area contributed by atoms with Crippen LogP contribution in [-0.2, 0) is 0 Å². The first kappa shape index (κ1) is 18.0. The van der Waals surface area contributed by atoms with E-state index in [0.29, 0.717) is 30.3 Å². The SMILES string of the molecule is CC(c1cccc(-c2ccncc2)c1)N(C)C(=O)c1cccc2c1OCCO2. The van der Waals surface area contributed by atoms with Crippen molar-refractivity contribution in [2.75, 3.05) is 20.3 Å². The summed E-state index contributed by atoms with van der Waals surface area (Å²) >= 11 is 0. The second-order valence-electron chi connectivity index (χ2n) is 6.78. The lowest BCUT2D eigenvalue weighted by Crippen LogP contribution is -2.30. The van der Waals surface area contributed by atoms with Crippen LogP contribution in [0.15, 0.2) is 67.0 Å². The molecule has 4 rings (SSSR count). The molecule has 2 aromatic carbocycles. The predicted octanol–water partition coefficient (Wildman–Crippen LogP) is 4.35. The number of benzene rings is 2. The highest BCUT2D eigenvalue weighted by Crippen LogP contribution is 2.35. The van der Waals surface area contributed by atoms with E-state index in [1.54, 1.807) is 23.4 Å². The van der Waals surface area contributed by atoms with Gasteiger partial charge in [0, 0.05) is 19.4 Å². The van der Waals surface area contributed by atoms with Crippen LogP contribution in [0.25, 0.3) is 11.1 Å². The molecule has 0 saturated heterocycles. The number of aromatic nitrogens is 1. The van der Waals surface area contributed by atoms with Crippen molar-refractivity contribution in [3.05, 3.63) is 78.1 Å². The van der Waals surface area contributed by atoms with Gasteiger partial charge in [-0.1, -0.05) is 24.3 Å². The minimum atomic E-state index is -0.102. The lowest BCUT2D eigenvalue weighted by atomic mass is 9.99. The maximum Gasteiger partial charge on any atom is 0.258 e. The van der Waals surface area contributed by atoms with E-state index in [2.05, 4.69) is 17.1 Å². The molecule has 0 fully saturated rings. The third-order valence-electron chi connectivity index (χ3n) is 5.08. The number of carbonyl (C=O) groups excluding carboxylic acids is 1. The molecule has 1 aliphatic heterocycles. The smallest absolute Gasteiger partial charge is 0.258 e. The molecule has 5 nitrogen and oxygen atoms in total. The summed E-state index contributed by atoms with van der Waals surface area (Å²) in [7, 11) is 1.81. The fraction of sp³-hybridized carbons (Fsp3) is 0.217. The van der Waals surface area contributed by atoms with E-state index in [1.807, 2.05) is 50.4 Å². The average molecular weight is 374 g/mol. The molecule has 28 heavy (non-hydrogen) atoms. The van der Waals surface area contributed by atoms with Gasteiger partial charge < -0.3 is 14.4 Å². The van der Waals surface area contributed by atoms with Crippen molar-refractivity contribution in [3.63, 3.8) is 0 Å². The van der Waals surface area contributed by atoms with Crippen LogP contribution in [0, 0.1) is 0 Å². The Hall–Kier alpha value is -3.34. The standard InChI is InChI=1S/C23H22N2O3/c1-16(18-5-3-6-19(15-18)17-9-11-24-12-10-17)25(2)23(26)20-7-4-8-21-22(20)28-14-13-27-21/h3-12,15-16H,13-14H2,1-2H3. The normalized spacial score (nSPS) is 13.6. The molecule has 1 atom stereocenters. The van der Waals surface area contributed by atoms with E-state index >= 15 is 0 Å². The van der Waals surface area contributed by atoms with E-state index in [-0.39, 0.29) is 11.9 Å². The summed E-state index contributed by atoms with van der Waals surface area (Å²) in [6, 6.07) is 17.5.